The van der Waals surface area contributed by atoms with Crippen LogP contribution < -0.4 is 0 Å². The van der Waals surface area contributed by atoms with Crippen LogP contribution in [0, 0.1) is 13.8 Å². The first-order chi connectivity index (χ1) is 17.1. The van der Waals surface area contributed by atoms with Crippen molar-refractivity contribution in [3.05, 3.63) is 107 Å². The van der Waals surface area contributed by atoms with E-state index in [1.54, 1.807) is 0 Å². The summed E-state index contributed by atoms with van der Waals surface area (Å²) in [6, 6.07) is 26.7. The monoisotopic (exact) mass is 461 g/mol. The van der Waals surface area contributed by atoms with Crippen molar-refractivity contribution in [2.24, 2.45) is 0 Å². The Morgan fingerprint density at radius 2 is 1.63 bits per heavy atom. The van der Waals surface area contributed by atoms with Gasteiger partial charge < -0.3 is 4.90 Å². The fraction of sp³-hybridized carbons (Fsp3) is 0.226. The topological polar surface area (TPSA) is 36.4 Å². The molecule has 1 aliphatic heterocycles. The van der Waals surface area contributed by atoms with E-state index in [1.807, 2.05) is 41.3 Å². The second-order valence-corrected chi connectivity index (χ2v) is 9.30. The van der Waals surface area contributed by atoms with E-state index in [9.17, 15) is 4.79 Å². The molecule has 4 aromatic rings. The van der Waals surface area contributed by atoms with Crippen LogP contribution in [0.1, 0.15) is 27.0 Å². The van der Waals surface area contributed by atoms with Crippen molar-refractivity contribution in [2.45, 2.75) is 13.8 Å². The second-order valence-electron chi connectivity index (χ2n) is 9.30. The smallest absolute Gasteiger partial charge is 0.254 e. The molecule has 1 fully saturated rings. The lowest BCUT2D eigenvalue weighted by molar-refractivity contribution is 0.0652. The summed E-state index contributed by atoms with van der Waals surface area (Å²) in [5, 5.41) is 0.916. The average molecular weight is 462 g/mol. The van der Waals surface area contributed by atoms with Gasteiger partial charge in [-0.25, -0.2) is 4.98 Å². The third kappa shape index (κ3) is 5.18. The molecule has 0 spiro atoms. The molecule has 0 atom stereocenters. The Morgan fingerprint density at radius 1 is 0.886 bits per heavy atom. The number of piperazine rings is 1. The van der Waals surface area contributed by atoms with Crippen LogP contribution in [0.5, 0.6) is 0 Å². The van der Waals surface area contributed by atoms with Gasteiger partial charge in [-0.05, 0) is 37.1 Å². The lowest BCUT2D eigenvalue weighted by Crippen LogP contribution is -2.48. The zero-order valence-electron chi connectivity index (χ0n) is 20.4. The summed E-state index contributed by atoms with van der Waals surface area (Å²) in [7, 11) is 0. The summed E-state index contributed by atoms with van der Waals surface area (Å²) >= 11 is 0. The third-order valence-electron chi connectivity index (χ3n) is 6.74. The van der Waals surface area contributed by atoms with Crippen molar-refractivity contribution < 1.29 is 4.79 Å². The highest BCUT2D eigenvalue weighted by molar-refractivity contribution is 6.07. The van der Waals surface area contributed by atoms with E-state index in [1.165, 1.54) is 16.7 Å². The molecule has 35 heavy (non-hydrogen) atoms. The summed E-state index contributed by atoms with van der Waals surface area (Å²) < 4.78 is 0. The molecule has 0 radical (unpaired) electrons. The Bertz CT molecular complexity index is 1370. The fourth-order valence-electron chi connectivity index (χ4n) is 4.80. The van der Waals surface area contributed by atoms with E-state index < -0.39 is 0 Å². The number of fused-ring (bicyclic) bond motifs is 1. The predicted octanol–water partition coefficient (Wildman–Crippen LogP) is 5.99. The summed E-state index contributed by atoms with van der Waals surface area (Å²) in [6.45, 7) is 8.30. The third-order valence-corrected chi connectivity index (χ3v) is 6.74. The number of rotatable bonds is 5. The molecule has 4 heteroatoms. The van der Waals surface area contributed by atoms with Crippen LogP contribution in [0.25, 0.3) is 28.2 Å². The number of para-hydroxylation sites is 1. The number of nitrogens with zero attached hydrogens (tertiary/aromatic N) is 3. The van der Waals surface area contributed by atoms with E-state index in [0.717, 1.165) is 60.4 Å². The highest BCUT2D eigenvalue weighted by Crippen LogP contribution is 2.28. The Morgan fingerprint density at radius 3 is 2.40 bits per heavy atom. The molecule has 0 bridgehead atoms. The minimum absolute atomic E-state index is 0.0918. The largest absolute Gasteiger partial charge is 0.336 e. The van der Waals surface area contributed by atoms with Crippen LogP contribution in [0.3, 0.4) is 0 Å². The first-order valence-electron chi connectivity index (χ1n) is 12.3. The maximum absolute atomic E-state index is 13.7. The summed E-state index contributed by atoms with van der Waals surface area (Å²) in [4.78, 5) is 23.0. The van der Waals surface area contributed by atoms with Crippen molar-refractivity contribution in [3.63, 3.8) is 0 Å². The van der Waals surface area contributed by atoms with Crippen LogP contribution in [0.4, 0.5) is 0 Å². The van der Waals surface area contributed by atoms with Crippen molar-refractivity contribution >= 4 is 22.9 Å². The molecule has 5 rings (SSSR count). The van der Waals surface area contributed by atoms with Gasteiger partial charge in [0.15, 0.2) is 0 Å². The molecular formula is C31H31N3O. The number of carbonyl (C=O) groups excluding carboxylic acids is 1. The number of aromatic nitrogens is 1. The summed E-state index contributed by atoms with van der Waals surface area (Å²) in [5.74, 6) is 0.0918. The number of amides is 1. The number of pyridine rings is 1. The van der Waals surface area contributed by atoms with Crippen molar-refractivity contribution in [1.82, 2.24) is 14.8 Å². The average Bonchev–Trinajstić information content (AvgIpc) is 2.89. The molecule has 2 heterocycles. The molecule has 1 amide bonds. The molecule has 4 nitrogen and oxygen atoms in total. The first kappa shape index (κ1) is 23.0. The van der Waals surface area contributed by atoms with Gasteiger partial charge in [0.05, 0.1) is 16.8 Å². The molecule has 1 aliphatic rings. The van der Waals surface area contributed by atoms with Gasteiger partial charge in [-0.1, -0.05) is 84.4 Å². The molecule has 1 saturated heterocycles. The predicted molar refractivity (Wildman–Crippen MR) is 144 cm³/mol. The van der Waals surface area contributed by atoms with Gasteiger partial charge >= 0.3 is 0 Å². The van der Waals surface area contributed by atoms with Gasteiger partial charge in [0.25, 0.3) is 5.91 Å². The quantitative estimate of drug-likeness (QED) is 0.366. The van der Waals surface area contributed by atoms with E-state index in [-0.39, 0.29) is 5.91 Å². The molecule has 176 valence electrons. The maximum atomic E-state index is 13.7. The molecule has 0 aliphatic carbocycles. The second kappa shape index (κ2) is 10.2. The van der Waals surface area contributed by atoms with Crippen molar-refractivity contribution in [3.8, 4) is 11.3 Å². The zero-order valence-corrected chi connectivity index (χ0v) is 20.4. The molecule has 0 saturated carbocycles. The van der Waals surface area contributed by atoms with Gasteiger partial charge in [0, 0.05) is 43.7 Å². The van der Waals surface area contributed by atoms with E-state index in [0.29, 0.717) is 0 Å². The van der Waals surface area contributed by atoms with Gasteiger partial charge in [0.2, 0.25) is 0 Å². The maximum Gasteiger partial charge on any atom is 0.254 e. The molecule has 3 aromatic carbocycles. The Hall–Kier alpha value is -3.76. The minimum Gasteiger partial charge on any atom is -0.336 e. The molecule has 1 aromatic heterocycles. The Balaban J connectivity index is 1.34. The summed E-state index contributed by atoms with van der Waals surface area (Å²) in [5.41, 5.74) is 7.13. The number of carbonyl (C=O) groups is 1. The zero-order chi connectivity index (χ0) is 24.2. The highest BCUT2D eigenvalue weighted by Gasteiger charge is 2.24. The summed E-state index contributed by atoms with van der Waals surface area (Å²) in [6.07, 6.45) is 4.37. The fourth-order valence-corrected chi connectivity index (χ4v) is 4.80. The van der Waals surface area contributed by atoms with Crippen molar-refractivity contribution in [1.29, 1.82) is 0 Å². The molecule has 0 N–H and O–H groups in total. The standard InChI is InChI=1S/C31H31N3O/c1-23-14-15-26(24(2)21-23)30-22-28(27-12-6-7-13-29(27)32-30)31(35)34-19-17-33(18-20-34)16-8-11-25-9-4-3-5-10-25/h3-15,21-22H,16-20H2,1-2H3/b11-8+. The van der Waals surface area contributed by atoms with Crippen LogP contribution in [0.2, 0.25) is 0 Å². The van der Waals surface area contributed by atoms with E-state index >= 15 is 0 Å². The number of hydrogen-bond donors (Lipinski definition) is 0. The SMILES string of the molecule is Cc1ccc(-c2cc(C(=O)N3CCN(C/C=C/c4ccccc4)CC3)c3ccccc3n2)c(C)c1. The van der Waals surface area contributed by atoms with Crippen molar-refractivity contribution in [2.75, 3.05) is 32.7 Å². The lowest BCUT2D eigenvalue weighted by Gasteiger charge is -2.34. The normalized spacial score (nSPS) is 14.6. The van der Waals surface area contributed by atoms with Crippen LogP contribution >= 0.6 is 0 Å². The first-order valence-corrected chi connectivity index (χ1v) is 12.3. The van der Waals surface area contributed by atoms with Crippen LogP contribution in [0.15, 0.2) is 84.9 Å². The number of hydrogen-bond acceptors (Lipinski definition) is 3. The van der Waals surface area contributed by atoms with Gasteiger partial charge in [-0.3, -0.25) is 9.69 Å². The minimum atomic E-state index is 0.0918. The molecule has 0 unspecified atom stereocenters. The molecular weight excluding hydrogens is 430 g/mol. The van der Waals surface area contributed by atoms with Crippen LogP contribution in [-0.4, -0.2) is 53.4 Å². The van der Waals surface area contributed by atoms with Gasteiger partial charge in [-0.15, -0.1) is 0 Å². The lowest BCUT2D eigenvalue weighted by atomic mass is 9.99. The van der Waals surface area contributed by atoms with Gasteiger partial charge in [-0.2, -0.15) is 0 Å². The van der Waals surface area contributed by atoms with E-state index in [2.05, 4.69) is 73.4 Å². The van der Waals surface area contributed by atoms with Crippen LogP contribution in [-0.2, 0) is 0 Å². The Kier molecular flexibility index (Phi) is 6.73. The van der Waals surface area contributed by atoms with E-state index in [4.69, 9.17) is 4.98 Å². The Labute approximate surface area is 207 Å². The van der Waals surface area contributed by atoms with Gasteiger partial charge in [0.1, 0.15) is 0 Å². The number of aryl methyl sites for hydroxylation is 2. The highest BCUT2D eigenvalue weighted by atomic mass is 16.2. The number of benzene rings is 3.